The van der Waals surface area contributed by atoms with E-state index in [1.807, 2.05) is 26.8 Å². The summed E-state index contributed by atoms with van der Waals surface area (Å²) in [7, 11) is 0. The highest BCUT2D eigenvalue weighted by Crippen LogP contribution is 2.32. The Kier molecular flexibility index (Phi) is 2.62. The van der Waals surface area contributed by atoms with Crippen LogP contribution in [0.15, 0.2) is 24.4 Å². The van der Waals surface area contributed by atoms with Crippen molar-refractivity contribution in [3.63, 3.8) is 0 Å². The second kappa shape index (κ2) is 3.70. The summed E-state index contributed by atoms with van der Waals surface area (Å²) in [5.41, 5.74) is 1.17. The fourth-order valence-corrected chi connectivity index (χ4v) is 2.07. The van der Waals surface area contributed by atoms with Gasteiger partial charge >= 0.3 is 0 Å². The van der Waals surface area contributed by atoms with Gasteiger partial charge in [-0.15, -0.1) is 0 Å². The molecule has 0 bridgehead atoms. The highest BCUT2D eigenvalue weighted by Gasteiger charge is 2.21. The Hall–Kier alpha value is -1.15. The van der Waals surface area contributed by atoms with E-state index < -0.39 is 0 Å². The van der Waals surface area contributed by atoms with E-state index in [0.29, 0.717) is 10.6 Å². The minimum absolute atomic E-state index is 0.268. The first kappa shape index (κ1) is 11.3. The first-order chi connectivity index (χ1) is 7.39. The summed E-state index contributed by atoms with van der Waals surface area (Å²) in [6.45, 7) is 5.93. The number of hydrogen-bond acceptors (Lipinski definition) is 1. The van der Waals surface area contributed by atoms with Crippen molar-refractivity contribution in [2.45, 2.75) is 26.2 Å². The van der Waals surface area contributed by atoms with E-state index in [-0.39, 0.29) is 11.2 Å². The highest BCUT2D eigenvalue weighted by molar-refractivity contribution is 6.31. The van der Waals surface area contributed by atoms with Crippen LogP contribution in [0, 0.1) is 5.82 Å². The molecule has 2 aromatic rings. The van der Waals surface area contributed by atoms with Crippen molar-refractivity contribution < 1.29 is 4.39 Å². The predicted octanol–water partition coefficient (Wildman–Crippen LogP) is 4.32. The van der Waals surface area contributed by atoms with Gasteiger partial charge in [0.2, 0.25) is 0 Å². The minimum Gasteiger partial charge on any atom is -0.253 e. The predicted molar refractivity (Wildman–Crippen MR) is 65.4 cm³/mol. The molecule has 0 radical (unpaired) electrons. The monoisotopic (exact) mass is 237 g/mol. The summed E-state index contributed by atoms with van der Waals surface area (Å²) in [4.78, 5) is 4.06. The molecule has 0 atom stereocenters. The summed E-state index contributed by atoms with van der Waals surface area (Å²) in [6, 6.07) is 5.35. The zero-order chi connectivity index (χ0) is 11.9. The lowest BCUT2D eigenvalue weighted by molar-refractivity contribution is 0.525. The normalized spacial score (nSPS) is 12.1. The molecule has 0 amide bonds. The fourth-order valence-electron chi connectivity index (χ4n) is 1.90. The number of benzene rings is 1. The molecule has 0 aliphatic heterocycles. The molecule has 0 aliphatic rings. The van der Waals surface area contributed by atoms with E-state index in [9.17, 15) is 4.39 Å². The molecule has 1 nitrogen and oxygen atoms in total. The largest absolute Gasteiger partial charge is 0.253 e. The quantitative estimate of drug-likeness (QED) is 0.665. The smallest absolute Gasteiger partial charge is 0.145 e. The van der Waals surface area contributed by atoms with E-state index in [4.69, 9.17) is 11.6 Å². The van der Waals surface area contributed by atoms with Crippen LogP contribution >= 0.6 is 11.6 Å². The Labute approximate surface area is 99.3 Å². The first-order valence-electron chi connectivity index (χ1n) is 5.14. The van der Waals surface area contributed by atoms with Gasteiger partial charge in [-0.05, 0) is 23.6 Å². The lowest BCUT2D eigenvalue weighted by Gasteiger charge is -2.21. The summed E-state index contributed by atoms with van der Waals surface area (Å²) in [5.74, 6) is -0.276. The van der Waals surface area contributed by atoms with Crippen molar-refractivity contribution in [2.75, 3.05) is 0 Å². The topological polar surface area (TPSA) is 12.9 Å². The Morgan fingerprint density at radius 1 is 1.25 bits per heavy atom. The molecule has 1 aromatic carbocycles. The standard InChI is InChI=1S/C13H13ClFN/c1-13(2,3)12-9-6-8(14)4-5-11(9)16-7-10(12)15/h4-7H,1-3H3. The third-order valence-corrected chi connectivity index (χ3v) is 2.77. The van der Waals surface area contributed by atoms with E-state index in [1.54, 1.807) is 12.1 Å². The van der Waals surface area contributed by atoms with E-state index in [0.717, 1.165) is 10.9 Å². The molecule has 3 heteroatoms. The molecule has 0 aliphatic carbocycles. The molecule has 0 spiro atoms. The van der Waals surface area contributed by atoms with Gasteiger partial charge in [-0.2, -0.15) is 0 Å². The van der Waals surface area contributed by atoms with Crippen molar-refractivity contribution in [1.82, 2.24) is 4.98 Å². The molecule has 1 aromatic heterocycles. The van der Waals surface area contributed by atoms with E-state index >= 15 is 0 Å². The molecule has 84 valence electrons. The van der Waals surface area contributed by atoms with Crippen molar-refractivity contribution in [1.29, 1.82) is 0 Å². The Morgan fingerprint density at radius 2 is 1.94 bits per heavy atom. The van der Waals surface area contributed by atoms with Gasteiger partial charge in [-0.25, -0.2) is 4.39 Å². The van der Waals surface area contributed by atoms with Crippen molar-refractivity contribution >= 4 is 22.5 Å². The van der Waals surface area contributed by atoms with Crippen LogP contribution in [0.2, 0.25) is 5.02 Å². The maximum absolute atomic E-state index is 13.8. The fraction of sp³-hybridized carbons (Fsp3) is 0.308. The second-order valence-corrected chi connectivity index (χ2v) is 5.33. The molecule has 1 heterocycles. The molecule has 0 saturated heterocycles. The maximum Gasteiger partial charge on any atom is 0.145 e. The maximum atomic E-state index is 13.8. The van der Waals surface area contributed by atoms with E-state index in [1.165, 1.54) is 6.20 Å². The number of nitrogens with zero attached hydrogens (tertiary/aromatic N) is 1. The second-order valence-electron chi connectivity index (χ2n) is 4.89. The Balaban J connectivity index is 2.88. The van der Waals surface area contributed by atoms with Crippen LogP contribution in [0.25, 0.3) is 10.9 Å². The Bertz CT molecular complexity index is 538. The molecule has 0 unspecified atom stereocenters. The van der Waals surface area contributed by atoms with Gasteiger partial charge in [0, 0.05) is 16.0 Å². The number of hydrogen-bond donors (Lipinski definition) is 0. The zero-order valence-electron chi connectivity index (χ0n) is 9.51. The zero-order valence-corrected chi connectivity index (χ0v) is 10.3. The molecule has 16 heavy (non-hydrogen) atoms. The van der Waals surface area contributed by atoms with Crippen molar-refractivity contribution in [3.8, 4) is 0 Å². The summed E-state index contributed by atoms with van der Waals surface area (Å²) >= 11 is 5.94. The van der Waals surface area contributed by atoms with Gasteiger partial charge in [0.1, 0.15) is 5.82 Å². The molecule has 0 saturated carbocycles. The Morgan fingerprint density at radius 3 is 2.56 bits per heavy atom. The van der Waals surface area contributed by atoms with Crippen LogP contribution < -0.4 is 0 Å². The van der Waals surface area contributed by atoms with Crippen LogP contribution in [-0.2, 0) is 5.41 Å². The number of halogens is 2. The number of fused-ring (bicyclic) bond motifs is 1. The third-order valence-electron chi connectivity index (χ3n) is 2.53. The minimum atomic E-state index is -0.276. The average Bonchev–Trinajstić information content (AvgIpc) is 2.14. The lowest BCUT2D eigenvalue weighted by Crippen LogP contribution is -2.14. The van der Waals surface area contributed by atoms with Gasteiger partial charge < -0.3 is 0 Å². The highest BCUT2D eigenvalue weighted by atomic mass is 35.5. The summed E-state index contributed by atoms with van der Waals surface area (Å²) in [6.07, 6.45) is 1.27. The van der Waals surface area contributed by atoms with Gasteiger partial charge in [0.15, 0.2) is 0 Å². The van der Waals surface area contributed by atoms with Crippen molar-refractivity contribution in [3.05, 3.63) is 40.8 Å². The first-order valence-corrected chi connectivity index (χ1v) is 5.51. The lowest BCUT2D eigenvalue weighted by atomic mass is 9.84. The third kappa shape index (κ3) is 1.90. The van der Waals surface area contributed by atoms with Crippen LogP contribution in [0.1, 0.15) is 26.3 Å². The molecular formula is C13H13ClFN. The van der Waals surface area contributed by atoms with Crippen molar-refractivity contribution in [2.24, 2.45) is 0 Å². The molecule has 2 rings (SSSR count). The van der Waals surface area contributed by atoms with E-state index in [2.05, 4.69) is 4.98 Å². The molecule has 0 fully saturated rings. The molecular weight excluding hydrogens is 225 g/mol. The molecule has 0 N–H and O–H groups in total. The van der Waals surface area contributed by atoms with Gasteiger partial charge in [-0.1, -0.05) is 32.4 Å². The van der Waals surface area contributed by atoms with Crippen LogP contribution in [0.5, 0.6) is 0 Å². The number of rotatable bonds is 0. The van der Waals surface area contributed by atoms with Crippen LogP contribution in [-0.4, -0.2) is 4.98 Å². The SMILES string of the molecule is CC(C)(C)c1c(F)cnc2ccc(Cl)cc12. The van der Waals surface area contributed by atoms with Crippen LogP contribution in [0.3, 0.4) is 0 Å². The van der Waals surface area contributed by atoms with Gasteiger partial charge in [0.25, 0.3) is 0 Å². The number of pyridine rings is 1. The van der Waals surface area contributed by atoms with Crippen LogP contribution in [0.4, 0.5) is 4.39 Å². The van der Waals surface area contributed by atoms with Gasteiger partial charge in [-0.3, -0.25) is 4.98 Å². The summed E-state index contributed by atoms with van der Waals surface area (Å²) < 4.78 is 13.8. The number of aromatic nitrogens is 1. The van der Waals surface area contributed by atoms with Gasteiger partial charge in [0.05, 0.1) is 11.7 Å². The average molecular weight is 238 g/mol. The summed E-state index contributed by atoms with van der Waals surface area (Å²) in [5, 5.41) is 1.39.